The Kier molecular flexibility index (Phi) is 6.03. The highest BCUT2D eigenvalue weighted by Crippen LogP contribution is 2.16. The van der Waals surface area contributed by atoms with E-state index < -0.39 is 0 Å². The van der Waals surface area contributed by atoms with Crippen LogP contribution in [0.4, 0.5) is 0 Å². The summed E-state index contributed by atoms with van der Waals surface area (Å²) in [4.78, 5) is 11.8. The molecule has 1 rings (SSSR count). The molecule has 0 saturated carbocycles. The zero-order valence-corrected chi connectivity index (χ0v) is 12.7. The Morgan fingerprint density at radius 2 is 1.79 bits per heavy atom. The maximum atomic E-state index is 11.8. The van der Waals surface area contributed by atoms with Gasteiger partial charge in [0.2, 0.25) is 5.91 Å². The summed E-state index contributed by atoms with van der Waals surface area (Å²) in [6, 6.07) is 8.64. The lowest BCUT2D eigenvalue weighted by molar-refractivity contribution is -0.121. The van der Waals surface area contributed by atoms with Gasteiger partial charge in [-0.25, -0.2) is 0 Å². The highest BCUT2D eigenvalue weighted by atomic mass is 16.1. The summed E-state index contributed by atoms with van der Waals surface area (Å²) in [5.41, 5.74) is 2.49. The second kappa shape index (κ2) is 7.29. The lowest BCUT2D eigenvalue weighted by Gasteiger charge is -2.20. The van der Waals surface area contributed by atoms with Crippen molar-refractivity contribution in [2.75, 3.05) is 6.54 Å². The molecule has 106 valence electrons. The fraction of sp³-hybridized carbons (Fsp3) is 0.562. The molecule has 1 aromatic rings. The normalized spacial score (nSPS) is 14.2. The van der Waals surface area contributed by atoms with E-state index in [1.54, 1.807) is 0 Å². The molecule has 0 aliphatic heterocycles. The zero-order chi connectivity index (χ0) is 14.4. The lowest BCUT2D eigenvalue weighted by atomic mass is 10.0. The Bertz CT molecular complexity index is 415. The van der Waals surface area contributed by atoms with E-state index in [4.69, 9.17) is 0 Å². The quantitative estimate of drug-likeness (QED) is 0.827. The molecule has 0 heterocycles. The lowest BCUT2D eigenvalue weighted by Crippen LogP contribution is -2.41. The molecule has 2 N–H and O–H groups in total. The van der Waals surface area contributed by atoms with Gasteiger partial charge >= 0.3 is 0 Å². The minimum atomic E-state index is 0.0571. The summed E-state index contributed by atoms with van der Waals surface area (Å²) in [6.07, 6.45) is 0. The number of hydrogen-bond donors (Lipinski definition) is 2. The second-order valence-electron chi connectivity index (χ2n) is 5.56. The molecule has 1 aromatic carbocycles. The van der Waals surface area contributed by atoms with Gasteiger partial charge in [-0.15, -0.1) is 0 Å². The smallest absolute Gasteiger partial charge is 0.234 e. The Balaban J connectivity index is 2.44. The largest absolute Gasteiger partial charge is 0.352 e. The van der Waals surface area contributed by atoms with Crippen molar-refractivity contribution in [1.82, 2.24) is 10.6 Å². The average molecular weight is 262 g/mol. The van der Waals surface area contributed by atoms with Crippen LogP contribution in [0.5, 0.6) is 0 Å². The Morgan fingerprint density at radius 1 is 1.16 bits per heavy atom. The van der Waals surface area contributed by atoms with E-state index >= 15 is 0 Å². The van der Waals surface area contributed by atoms with Gasteiger partial charge in [-0.05, 0) is 37.8 Å². The van der Waals surface area contributed by atoms with Gasteiger partial charge in [-0.1, -0.05) is 38.1 Å². The van der Waals surface area contributed by atoms with Gasteiger partial charge in [-0.3, -0.25) is 4.79 Å². The van der Waals surface area contributed by atoms with Gasteiger partial charge in [0.25, 0.3) is 0 Å². The monoisotopic (exact) mass is 262 g/mol. The molecule has 3 nitrogen and oxygen atoms in total. The van der Waals surface area contributed by atoms with Crippen molar-refractivity contribution < 1.29 is 4.79 Å². The third-order valence-corrected chi connectivity index (χ3v) is 3.61. The molecular formula is C16H26N2O. The van der Waals surface area contributed by atoms with Crippen molar-refractivity contribution in [2.24, 2.45) is 5.92 Å². The topological polar surface area (TPSA) is 41.1 Å². The highest BCUT2D eigenvalue weighted by molar-refractivity contribution is 5.78. The molecule has 0 bridgehead atoms. The van der Waals surface area contributed by atoms with Crippen molar-refractivity contribution in [2.45, 2.75) is 46.7 Å². The number of amides is 1. The van der Waals surface area contributed by atoms with Crippen molar-refractivity contribution in [3.63, 3.8) is 0 Å². The van der Waals surface area contributed by atoms with Gasteiger partial charge in [0.15, 0.2) is 0 Å². The second-order valence-corrected chi connectivity index (χ2v) is 5.56. The molecule has 0 aliphatic carbocycles. The SMILES string of the molecule is Cc1ccccc1C(C)NCC(=O)NC(C)C(C)C. The molecule has 0 radical (unpaired) electrons. The van der Waals surface area contributed by atoms with Gasteiger partial charge in [-0.2, -0.15) is 0 Å². The van der Waals surface area contributed by atoms with E-state index in [0.717, 1.165) is 0 Å². The fourth-order valence-corrected chi connectivity index (χ4v) is 1.90. The van der Waals surface area contributed by atoms with Crippen LogP contribution in [-0.4, -0.2) is 18.5 Å². The summed E-state index contributed by atoms with van der Waals surface area (Å²) < 4.78 is 0. The number of carbonyl (C=O) groups is 1. The third kappa shape index (κ3) is 5.03. The van der Waals surface area contributed by atoms with Crippen LogP contribution in [0.3, 0.4) is 0 Å². The molecule has 3 heteroatoms. The third-order valence-electron chi connectivity index (χ3n) is 3.61. The van der Waals surface area contributed by atoms with Gasteiger partial charge in [0.05, 0.1) is 6.54 Å². The van der Waals surface area contributed by atoms with E-state index in [0.29, 0.717) is 12.5 Å². The van der Waals surface area contributed by atoms with E-state index in [-0.39, 0.29) is 18.0 Å². The summed E-state index contributed by atoms with van der Waals surface area (Å²) in [5, 5.41) is 6.27. The first-order chi connectivity index (χ1) is 8.91. The molecule has 0 saturated heterocycles. The van der Waals surface area contributed by atoms with Crippen molar-refractivity contribution >= 4 is 5.91 Å². The fourth-order valence-electron chi connectivity index (χ4n) is 1.90. The van der Waals surface area contributed by atoms with E-state index in [2.05, 4.69) is 50.5 Å². The number of hydrogen-bond acceptors (Lipinski definition) is 2. The molecule has 19 heavy (non-hydrogen) atoms. The van der Waals surface area contributed by atoms with Crippen LogP contribution in [0.1, 0.15) is 44.9 Å². The van der Waals surface area contributed by atoms with Gasteiger partial charge in [0.1, 0.15) is 0 Å². The van der Waals surface area contributed by atoms with Gasteiger partial charge < -0.3 is 10.6 Å². The minimum Gasteiger partial charge on any atom is -0.352 e. The first-order valence-electron chi connectivity index (χ1n) is 7.00. The molecule has 2 unspecified atom stereocenters. The Morgan fingerprint density at radius 3 is 2.37 bits per heavy atom. The molecule has 0 aromatic heterocycles. The number of rotatable bonds is 6. The first kappa shape index (κ1) is 15.7. The number of aryl methyl sites for hydroxylation is 1. The minimum absolute atomic E-state index is 0.0571. The molecule has 0 spiro atoms. The number of benzene rings is 1. The van der Waals surface area contributed by atoms with Crippen LogP contribution >= 0.6 is 0 Å². The average Bonchev–Trinajstić information content (AvgIpc) is 2.36. The molecule has 0 fully saturated rings. The summed E-state index contributed by atoms with van der Waals surface area (Å²) in [6.45, 7) is 10.8. The van der Waals surface area contributed by atoms with Crippen molar-refractivity contribution in [3.8, 4) is 0 Å². The van der Waals surface area contributed by atoms with Crippen LogP contribution in [0, 0.1) is 12.8 Å². The molecule has 0 aliphatic rings. The Hall–Kier alpha value is -1.35. The van der Waals surface area contributed by atoms with Crippen molar-refractivity contribution in [1.29, 1.82) is 0 Å². The Labute approximate surface area is 116 Å². The summed E-state index contributed by atoms with van der Waals surface area (Å²) in [7, 11) is 0. The number of carbonyl (C=O) groups excluding carboxylic acids is 1. The van der Waals surface area contributed by atoms with E-state index in [1.807, 2.05) is 19.1 Å². The standard InChI is InChI=1S/C16H26N2O/c1-11(2)13(4)18-16(19)10-17-14(5)15-9-7-6-8-12(15)3/h6-9,11,13-14,17H,10H2,1-5H3,(H,18,19). The van der Waals surface area contributed by atoms with Crippen LogP contribution < -0.4 is 10.6 Å². The summed E-state index contributed by atoms with van der Waals surface area (Å²) >= 11 is 0. The predicted octanol–water partition coefficient (Wildman–Crippen LogP) is 2.81. The van der Waals surface area contributed by atoms with Crippen LogP contribution in [0.25, 0.3) is 0 Å². The maximum Gasteiger partial charge on any atom is 0.234 e. The van der Waals surface area contributed by atoms with Crippen molar-refractivity contribution in [3.05, 3.63) is 35.4 Å². The van der Waals surface area contributed by atoms with Crippen LogP contribution in [-0.2, 0) is 4.79 Å². The first-order valence-corrected chi connectivity index (χ1v) is 7.00. The molecule has 1 amide bonds. The predicted molar refractivity (Wildman–Crippen MR) is 80.0 cm³/mol. The molecular weight excluding hydrogens is 236 g/mol. The van der Waals surface area contributed by atoms with Crippen LogP contribution in [0.15, 0.2) is 24.3 Å². The maximum absolute atomic E-state index is 11.8. The summed E-state index contributed by atoms with van der Waals surface area (Å²) in [5.74, 6) is 0.513. The zero-order valence-electron chi connectivity index (χ0n) is 12.7. The van der Waals surface area contributed by atoms with E-state index in [1.165, 1.54) is 11.1 Å². The highest BCUT2D eigenvalue weighted by Gasteiger charge is 2.12. The van der Waals surface area contributed by atoms with Gasteiger partial charge in [0, 0.05) is 12.1 Å². The van der Waals surface area contributed by atoms with Crippen LogP contribution in [0.2, 0.25) is 0 Å². The van der Waals surface area contributed by atoms with E-state index in [9.17, 15) is 4.79 Å². The molecule has 2 atom stereocenters. The number of nitrogens with one attached hydrogen (secondary N) is 2.